The number of nitrogens with zero attached hydrogens (tertiary/aromatic N) is 1. The van der Waals surface area contributed by atoms with Gasteiger partial charge in [-0.05, 0) is 42.6 Å². The summed E-state index contributed by atoms with van der Waals surface area (Å²) in [6.45, 7) is 1.10. The molecule has 0 fully saturated rings. The maximum atomic E-state index is 13.1. The number of ether oxygens (including phenoxy) is 1. The lowest BCUT2D eigenvalue weighted by atomic mass is 10.00. The molecule has 184 valence electrons. The number of fused-ring (bicyclic) bond motifs is 1. The molecular weight excluding hydrogens is 483 g/mol. The smallest absolute Gasteiger partial charge is 0.405 e. The van der Waals surface area contributed by atoms with E-state index < -0.39 is 41.0 Å². The van der Waals surface area contributed by atoms with Gasteiger partial charge in [0.15, 0.2) is 0 Å². The summed E-state index contributed by atoms with van der Waals surface area (Å²) in [5.74, 6) is -0.511. The van der Waals surface area contributed by atoms with Crippen molar-refractivity contribution in [2.24, 2.45) is 0 Å². The van der Waals surface area contributed by atoms with Gasteiger partial charge in [-0.3, -0.25) is 4.18 Å². The largest absolute Gasteiger partial charge is 0.573 e. The first-order chi connectivity index (χ1) is 16.5. The van der Waals surface area contributed by atoms with Gasteiger partial charge in [0, 0.05) is 17.3 Å². The summed E-state index contributed by atoms with van der Waals surface area (Å²) in [6.07, 6.45) is -4.91. The molecule has 0 aliphatic heterocycles. The van der Waals surface area contributed by atoms with Crippen LogP contribution < -0.4 is 4.74 Å². The van der Waals surface area contributed by atoms with Gasteiger partial charge in [0.05, 0.1) is 17.5 Å². The second-order valence-corrected chi connectivity index (χ2v) is 9.55. The van der Waals surface area contributed by atoms with Crippen LogP contribution in [0.1, 0.15) is 17.2 Å². The maximum absolute atomic E-state index is 13.1. The molecule has 0 saturated heterocycles. The first-order valence-electron chi connectivity index (χ1n) is 10.6. The lowest BCUT2D eigenvalue weighted by molar-refractivity contribution is -0.275. The molecule has 0 saturated carbocycles. The van der Waals surface area contributed by atoms with E-state index in [4.69, 9.17) is 4.18 Å². The van der Waals surface area contributed by atoms with Crippen molar-refractivity contribution < 1.29 is 35.6 Å². The molecule has 4 rings (SSSR count). The Morgan fingerprint density at radius 3 is 2.31 bits per heavy atom. The van der Waals surface area contributed by atoms with Crippen LogP contribution in [-0.2, 0) is 14.3 Å². The third-order valence-corrected chi connectivity index (χ3v) is 6.76. The molecule has 1 N–H and O–H groups in total. The molecule has 2 atom stereocenters. The van der Waals surface area contributed by atoms with E-state index in [2.05, 4.69) is 4.74 Å². The van der Waals surface area contributed by atoms with Crippen LogP contribution in [0.15, 0.2) is 90.0 Å². The highest BCUT2D eigenvalue weighted by molar-refractivity contribution is 7.86. The Kier molecular flexibility index (Phi) is 6.88. The highest BCUT2D eigenvalue weighted by atomic mass is 32.2. The SMILES string of the molecule is Cc1ccc(S(=O)(=O)OC[C@@H](O)[C@H](c2ccccc2OC(F)(F)F)n2ccc3ccccc32)cc1. The van der Waals surface area contributed by atoms with Gasteiger partial charge in [0.1, 0.15) is 11.9 Å². The Labute approximate surface area is 200 Å². The zero-order valence-corrected chi connectivity index (χ0v) is 19.3. The predicted molar refractivity (Wildman–Crippen MR) is 124 cm³/mol. The summed E-state index contributed by atoms with van der Waals surface area (Å²) in [7, 11) is -4.22. The highest BCUT2D eigenvalue weighted by Gasteiger charge is 2.35. The van der Waals surface area contributed by atoms with E-state index in [-0.39, 0.29) is 10.5 Å². The number of hydrogen-bond acceptors (Lipinski definition) is 5. The van der Waals surface area contributed by atoms with Crippen molar-refractivity contribution in [1.82, 2.24) is 4.57 Å². The van der Waals surface area contributed by atoms with Gasteiger partial charge in [-0.25, -0.2) is 0 Å². The van der Waals surface area contributed by atoms with Crippen LogP contribution in [0.3, 0.4) is 0 Å². The van der Waals surface area contributed by atoms with Gasteiger partial charge in [0.25, 0.3) is 10.1 Å². The number of aryl methyl sites for hydroxylation is 1. The number of hydrogen-bond donors (Lipinski definition) is 1. The van der Waals surface area contributed by atoms with Gasteiger partial charge in [-0.2, -0.15) is 8.42 Å². The Balaban J connectivity index is 1.72. The third kappa shape index (κ3) is 5.67. The van der Waals surface area contributed by atoms with E-state index in [0.29, 0.717) is 5.52 Å². The predicted octanol–water partition coefficient (Wildman–Crippen LogP) is 5.20. The second kappa shape index (κ2) is 9.73. The molecule has 10 heteroatoms. The van der Waals surface area contributed by atoms with E-state index in [1.54, 1.807) is 54.1 Å². The standard InChI is InChI=1S/C25H22F3NO5S/c1-17-10-12-19(13-11-17)35(31,32)33-16-22(30)24(29-15-14-18-6-2-4-8-21(18)29)20-7-3-5-9-23(20)34-25(26,27)28/h2-15,22,24,30H,16H2,1H3/t22-,24+/m1/s1. The van der Waals surface area contributed by atoms with Crippen molar-refractivity contribution in [3.63, 3.8) is 0 Å². The van der Waals surface area contributed by atoms with E-state index in [9.17, 15) is 26.7 Å². The van der Waals surface area contributed by atoms with Crippen LogP contribution in [0.5, 0.6) is 5.75 Å². The summed E-state index contributed by atoms with van der Waals surface area (Å²) < 4.78 is 75.5. The van der Waals surface area contributed by atoms with Crippen LogP contribution in [0.4, 0.5) is 13.2 Å². The lowest BCUT2D eigenvalue weighted by Gasteiger charge is -2.27. The number of para-hydroxylation sites is 2. The fraction of sp³-hybridized carbons (Fsp3) is 0.200. The molecule has 0 unspecified atom stereocenters. The first-order valence-corrected chi connectivity index (χ1v) is 12.0. The van der Waals surface area contributed by atoms with Gasteiger partial charge in [0.2, 0.25) is 0 Å². The number of benzene rings is 3. The Hall–Kier alpha value is -3.34. The molecule has 35 heavy (non-hydrogen) atoms. The topological polar surface area (TPSA) is 77.8 Å². The van der Waals surface area contributed by atoms with E-state index in [1.165, 1.54) is 30.3 Å². The van der Waals surface area contributed by atoms with Crippen molar-refractivity contribution in [3.8, 4) is 5.75 Å². The zero-order chi connectivity index (χ0) is 25.2. The number of aromatic nitrogens is 1. The fourth-order valence-corrected chi connectivity index (χ4v) is 4.78. The van der Waals surface area contributed by atoms with Crippen molar-refractivity contribution in [2.45, 2.75) is 30.3 Å². The quantitative estimate of drug-likeness (QED) is 0.333. The average molecular weight is 506 g/mol. The molecule has 0 aliphatic rings. The molecule has 3 aromatic carbocycles. The third-order valence-electron chi connectivity index (χ3n) is 5.46. The number of alkyl halides is 3. The summed E-state index contributed by atoms with van der Waals surface area (Å²) in [5.41, 5.74) is 1.49. The summed E-state index contributed by atoms with van der Waals surface area (Å²) in [5, 5.41) is 11.9. The van der Waals surface area contributed by atoms with Crippen LogP contribution in [0.25, 0.3) is 10.9 Å². The molecule has 0 aliphatic carbocycles. The summed E-state index contributed by atoms with van der Waals surface area (Å²) >= 11 is 0. The highest BCUT2D eigenvalue weighted by Crippen LogP contribution is 2.36. The minimum Gasteiger partial charge on any atom is -0.405 e. The van der Waals surface area contributed by atoms with Crippen LogP contribution in [0.2, 0.25) is 0 Å². The maximum Gasteiger partial charge on any atom is 0.573 e. The molecule has 0 amide bonds. The van der Waals surface area contributed by atoms with Crippen molar-refractivity contribution >= 4 is 21.0 Å². The van der Waals surface area contributed by atoms with Gasteiger partial charge < -0.3 is 14.4 Å². The summed E-state index contributed by atoms with van der Waals surface area (Å²) in [4.78, 5) is -0.0981. The fourth-order valence-electron chi connectivity index (χ4n) is 3.86. The summed E-state index contributed by atoms with van der Waals surface area (Å²) in [6, 6.07) is 19.1. The molecule has 1 heterocycles. The molecule has 0 radical (unpaired) electrons. The van der Waals surface area contributed by atoms with Crippen molar-refractivity contribution in [3.05, 3.63) is 96.2 Å². The monoisotopic (exact) mass is 505 g/mol. The van der Waals surface area contributed by atoms with Crippen LogP contribution in [-0.4, -0.2) is 37.2 Å². The van der Waals surface area contributed by atoms with Gasteiger partial charge in [-0.1, -0.05) is 54.1 Å². The average Bonchev–Trinajstić information content (AvgIpc) is 3.22. The minimum absolute atomic E-state index is 0.00927. The lowest BCUT2D eigenvalue weighted by Crippen LogP contribution is -2.31. The zero-order valence-electron chi connectivity index (χ0n) is 18.5. The molecule has 1 aromatic heterocycles. The van der Waals surface area contributed by atoms with Crippen molar-refractivity contribution in [2.75, 3.05) is 6.61 Å². The van der Waals surface area contributed by atoms with E-state index in [0.717, 1.165) is 17.0 Å². The van der Waals surface area contributed by atoms with Crippen LogP contribution >= 0.6 is 0 Å². The minimum atomic E-state index is -4.96. The molecular formula is C25H22F3NO5S. The molecule has 0 spiro atoms. The number of rotatable bonds is 8. The normalized spacial score (nSPS) is 14.1. The Bertz CT molecular complexity index is 1420. The van der Waals surface area contributed by atoms with Crippen LogP contribution in [0, 0.1) is 6.92 Å². The Morgan fingerprint density at radius 1 is 0.943 bits per heavy atom. The number of aliphatic hydroxyl groups excluding tert-OH is 1. The number of halogens is 3. The first kappa shape index (κ1) is 24.8. The van der Waals surface area contributed by atoms with E-state index in [1.807, 2.05) is 6.07 Å². The second-order valence-electron chi connectivity index (χ2n) is 7.93. The van der Waals surface area contributed by atoms with Crippen molar-refractivity contribution in [1.29, 1.82) is 0 Å². The molecule has 4 aromatic rings. The van der Waals surface area contributed by atoms with Gasteiger partial charge >= 0.3 is 6.36 Å². The van der Waals surface area contributed by atoms with Gasteiger partial charge in [-0.15, -0.1) is 13.2 Å². The molecule has 0 bridgehead atoms. The number of aliphatic hydroxyl groups is 1. The molecule has 6 nitrogen and oxygen atoms in total. The Morgan fingerprint density at radius 2 is 1.60 bits per heavy atom. The van der Waals surface area contributed by atoms with E-state index >= 15 is 0 Å².